The largest absolute Gasteiger partial charge is 0.354 e. The zero-order valence-corrected chi connectivity index (χ0v) is 29.6. The Hall–Kier alpha value is -4.15. The molecule has 0 bridgehead atoms. The summed E-state index contributed by atoms with van der Waals surface area (Å²) in [5.41, 5.74) is 7.66. The van der Waals surface area contributed by atoms with Crippen molar-refractivity contribution in [3.63, 3.8) is 0 Å². The highest BCUT2D eigenvalue weighted by atomic mass is 19.2. The van der Waals surface area contributed by atoms with Crippen LogP contribution in [0.3, 0.4) is 0 Å². The minimum Gasteiger partial charge on any atom is -0.354 e. The fraction of sp³-hybridized carbons (Fsp3) is 0.462. The van der Waals surface area contributed by atoms with Crippen molar-refractivity contribution in [3.8, 4) is 0 Å². The molecule has 1 unspecified atom stereocenters. The smallest absolute Gasteiger partial charge is 0.246 e. The standard InChI is InChI=1S/C39H51F2N5O3/c1-26(25-39(2,3)42)20-36(47)45(5)35(24-27-13-15-29-10-7-8-11-30(29)21-27)38(49)46(6)34(23-28-14-16-32(40)33(41)22-28)37(48)43-18-17-31-12-9-19-44(31)4/h7-8,10-11,13-16,20-22,31,34-35H,9,12,17-19,23-25,42H2,1-6H3,(H,43,48)/b26-20+/t31?,34-,35-/m1/s1. The molecule has 3 amide bonds. The van der Waals surface area contributed by atoms with Crippen LogP contribution in [0.2, 0.25) is 0 Å². The molecule has 264 valence electrons. The number of fused-ring (bicyclic) bond motifs is 1. The summed E-state index contributed by atoms with van der Waals surface area (Å²) in [6, 6.07) is 15.6. The monoisotopic (exact) mass is 675 g/mol. The summed E-state index contributed by atoms with van der Waals surface area (Å²) in [5, 5.41) is 5.04. The van der Waals surface area contributed by atoms with Gasteiger partial charge in [0.2, 0.25) is 17.7 Å². The molecule has 1 saturated heterocycles. The van der Waals surface area contributed by atoms with Crippen LogP contribution in [0, 0.1) is 11.6 Å². The lowest BCUT2D eigenvalue weighted by atomic mass is 9.96. The zero-order chi connectivity index (χ0) is 35.9. The molecule has 4 rings (SSSR count). The van der Waals surface area contributed by atoms with Crippen LogP contribution >= 0.6 is 0 Å². The molecule has 49 heavy (non-hydrogen) atoms. The maximum atomic E-state index is 14.5. The minimum absolute atomic E-state index is 0.0421. The molecule has 0 aromatic heterocycles. The quantitative estimate of drug-likeness (QED) is 0.228. The number of nitrogens with two attached hydrogens (primary N) is 1. The van der Waals surface area contributed by atoms with Gasteiger partial charge in [-0.2, -0.15) is 0 Å². The summed E-state index contributed by atoms with van der Waals surface area (Å²) in [6.07, 6.45) is 5.05. The predicted octanol–water partition coefficient (Wildman–Crippen LogP) is 5.23. The van der Waals surface area contributed by atoms with E-state index in [9.17, 15) is 23.2 Å². The van der Waals surface area contributed by atoms with Gasteiger partial charge in [0.05, 0.1) is 0 Å². The van der Waals surface area contributed by atoms with Crippen LogP contribution in [-0.4, -0.2) is 90.3 Å². The average molecular weight is 676 g/mol. The second-order valence-corrected chi connectivity index (χ2v) is 14.3. The van der Waals surface area contributed by atoms with E-state index >= 15 is 0 Å². The predicted molar refractivity (Wildman–Crippen MR) is 191 cm³/mol. The van der Waals surface area contributed by atoms with E-state index in [0.717, 1.165) is 59.8 Å². The van der Waals surface area contributed by atoms with Crippen LogP contribution in [0.5, 0.6) is 0 Å². The molecule has 3 aromatic carbocycles. The number of nitrogens with one attached hydrogen (secondary N) is 1. The topological polar surface area (TPSA) is 99.0 Å². The second-order valence-electron chi connectivity index (χ2n) is 14.3. The fourth-order valence-corrected chi connectivity index (χ4v) is 6.72. The van der Waals surface area contributed by atoms with Gasteiger partial charge in [-0.25, -0.2) is 8.78 Å². The van der Waals surface area contributed by atoms with Gasteiger partial charge in [0.15, 0.2) is 11.6 Å². The molecule has 1 fully saturated rings. The molecular weight excluding hydrogens is 624 g/mol. The molecule has 0 radical (unpaired) electrons. The Labute approximate surface area is 289 Å². The second kappa shape index (κ2) is 16.5. The first-order chi connectivity index (χ1) is 23.1. The van der Waals surface area contributed by atoms with E-state index in [1.807, 2.05) is 63.2 Å². The number of hydrogen-bond acceptors (Lipinski definition) is 5. The number of rotatable bonds is 14. The Morgan fingerprint density at radius 1 is 0.959 bits per heavy atom. The maximum Gasteiger partial charge on any atom is 0.246 e. The van der Waals surface area contributed by atoms with Crippen molar-refractivity contribution in [1.29, 1.82) is 0 Å². The first kappa shape index (κ1) is 37.7. The summed E-state index contributed by atoms with van der Waals surface area (Å²) >= 11 is 0. The highest BCUT2D eigenvalue weighted by molar-refractivity contribution is 5.95. The molecule has 3 N–H and O–H groups in total. The van der Waals surface area contributed by atoms with E-state index < -0.39 is 41.1 Å². The van der Waals surface area contributed by atoms with Gasteiger partial charge in [-0.05, 0) is 94.1 Å². The number of likely N-dealkylation sites (N-methyl/N-ethyl adjacent to an activating group) is 2. The van der Waals surface area contributed by atoms with Crippen molar-refractivity contribution in [2.24, 2.45) is 5.73 Å². The number of amides is 3. The number of hydrogen-bond donors (Lipinski definition) is 2. The van der Waals surface area contributed by atoms with Crippen molar-refractivity contribution in [2.45, 2.75) is 83.0 Å². The molecule has 1 aliphatic heterocycles. The summed E-state index contributed by atoms with van der Waals surface area (Å²) < 4.78 is 28.1. The Kier molecular flexibility index (Phi) is 12.7. The maximum absolute atomic E-state index is 14.5. The average Bonchev–Trinajstić information content (AvgIpc) is 3.46. The summed E-state index contributed by atoms with van der Waals surface area (Å²) in [4.78, 5) is 47.0. The molecule has 0 spiro atoms. The first-order valence-electron chi connectivity index (χ1n) is 17.0. The van der Waals surface area contributed by atoms with Gasteiger partial charge in [0, 0.05) is 51.1 Å². The van der Waals surface area contributed by atoms with E-state index in [1.165, 1.54) is 29.0 Å². The van der Waals surface area contributed by atoms with Crippen molar-refractivity contribution in [1.82, 2.24) is 20.0 Å². The summed E-state index contributed by atoms with van der Waals surface area (Å²) in [7, 11) is 5.18. The van der Waals surface area contributed by atoms with Gasteiger partial charge in [-0.3, -0.25) is 14.4 Å². The molecule has 3 atom stereocenters. The summed E-state index contributed by atoms with van der Waals surface area (Å²) in [6.45, 7) is 7.01. The third-order valence-corrected chi connectivity index (χ3v) is 9.43. The molecule has 8 nitrogen and oxygen atoms in total. The van der Waals surface area contributed by atoms with Crippen molar-refractivity contribution in [3.05, 3.63) is 95.1 Å². The van der Waals surface area contributed by atoms with Crippen LogP contribution in [-0.2, 0) is 27.2 Å². The normalized spacial score (nSPS) is 16.8. The number of nitrogens with zero attached hydrogens (tertiary/aromatic N) is 3. The van der Waals surface area contributed by atoms with Gasteiger partial charge < -0.3 is 25.8 Å². The molecule has 1 heterocycles. The minimum atomic E-state index is -1.04. The van der Waals surface area contributed by atoms with Crippen LogP contribution in [0.25, 0.3) is 10.8 Å². The van der Waals surface area contributed by atoms with E-state index in [2.05, 4.69) is 17.3 Å². The van der Waals surface area contributed by atoms with Crippen LogP contribution in [0.15, 0.2) is 72.3 Å². The van der Waals surface area contributed by atoms with Gasteiger partial charge in [-0.1, -0.05) is 54.1 Å². The lowest BCUT2D eigenvalue weighted by molar-refractivity contribution is -0.146. The van der Waals surface area contributed by atoms with Crippen molar-refractivity contribution < 1.29 is 23.2 Å². The van der Waals surface area contributed by atoms with E-state index in [-0.39, 0.29) is 18.7 Å². The number of likely N-dealkylation sites (tertiary alicyclic amines) is 1. The number of carbonyl (C=O) groups is 3. The van der Waals surface area contributed by atoms with Gasteiger partial charge in [0.1, 0.15) is 12.1 Å². The third kappa shape index (κ3) is 10.4. The Balaban J connectivity index is 1.64. The van der Waals surface area contributed by atoms with E-state index in [1.54, 1.807) is 7.05 Å². The van der Waals surface area contributed by atoms with Crippen LogP contribution in [0.1, 0.15) is 57.6 Å². The fourth-order valence-electron chi connectivity index (χ4n) is 6.72. The SMILES string of the molecule is C/C(=C\C(=O)N(C)[C@H](Cc1ccc2ccccc2c1)C(=O)N(C)[C@H](Cc1ccc(F)c(F)c1)C(=O)NCCC1CCCN1C)CC(C)(C)N. The number of carbonyl (C=O) groups excluding carboxylic acids is 3. The first-order valence-corrected chi connectivity index (χ1v) is 17.0. The molecule has 10 heteroatoms. The number of halogens is 2. The van der Waals surface area contributed by atoms with Crippen LogP contribution in [0.4, 0.5) is 8.78 Å². The highest BCUT2D eigenvalue weighted by Crippen LogP contribution is 2.22. The molecular formula is C39H51F2N5O3. The lowest BCUT2D eigenvalue weighted by Gasteiger charge is -2.34. The molecule has 0 saturated carbocycles. The number of benzene rings is 3. The van der Waals surface area contributed by atoms with Crippen molar-refractivity contribution >= 4 is 28.5 Å². The lowest BCUT2D eigenvalue weighted by Crippen LogP contribution is -2.56. The molecule has 0 aliphatic carbocycles. The zero-order valence-electron chi connectivity index (χ0n) is 29.6. The Bertz CT molecular complexity index is 1670. The Morgan fingerprint density at radius 3 is 2.27 bits per heavy atom. The summed E-state index contributed by atoms with van der Waals surface area (Å²) in [5.74, 6) is -3.24. The van der Waals surface area contributed by atoms with Crippen LogP contribution < -0.4 is 11.1 Å². The highest BCUT2D eigenvalue weighted by Gasteiger charge is 2.35. The Morgan fingerprint density at radius 2 is 1.61 bits per heavy atom. The van der Waals surface area contributed by atoms with E-state index in [4.69, 9.17) is 5.73 Å². The third-order valence-electron chi connectivity index (χ3n) is 9.43. The molecule has 3 aromatic rings. The van der Waals surface area contributed by atoms with Crippen molar-refractivity contribution in [2.75, 3.05) is 34.2 Å². The van der Waals surface area contributed by atoms with Gasteiger partial charge >= 0.3 is 0 Å². The van der Waals surface area contributed by atoms with Gasteiger partial charge in [-0.15, -0.1) is 0 Å². The van der Waals surface area contributed by atoms with Gasteiger partial charge in [0.25, 0.3) is 0 Å². The van der Waals surface area contributed by atoms with E-state index in [0.29, 0.717) is 24.6 Å². The molecule has 1 aliphatic rings.